The Bertz CT molecular complexity index is 954. The summed E-state index contributed by atoms with van der Waals surface area (Å²) in [6.07, 6.45) is 0.00872. The fourth-order valence-electron chi connectivity index (χ4n) is 4.28. The quantitative estimate of drug-likeness (QED) is 0.817. The number of hydrogen-bond acceptors (Lipinski definition) is 4. The molecule has 7 heteroatoms. The zero-order chi connectivity index (χ0) is 21.8. The van der Waals surface area contributed by atoms with Gasteiger partial charge in [0.2, 0.25) is 11.8 Å². The molecule has 0 saturated carbocycles. The number of nitrogens with one attached hydrogen (secondary N) is 1. The number of aryl methyl sites for hydroxylation is 1. The number of rotatable bonds is 4. The van der Waals surface area contributed by atoms with E-state index in [2.05, 4.69) is 22.3 Å². The van der Waals surface area contributed by atoms with Crippen LogP contribution in [0.25, 0.3) is 0 Å². The third-order valence-electron chi connectivity index (χ3n) is 6.09. The van der Waals surface area contributed by atoms with Crippen LogP contribution in [0.5, 0.6) is 0 Å². The van der Waals surface area contributed by atoms with Crippen molar-refractivity contribution in [2.75, 3.05) is 44.2 Å². The summed E-state index contributed by atoms with van der Waals surface area (Å²) in [6, 6.07) is 16.7. The van der Waals surface area contributed by atoms with Crippen LogP contribution in [0.2, 0.25) is 0 Å². The summed E-state index contributed by atoms with van der Waals surface area (Å²) >= 11 is 0. The Labute approximate surface area is 182 Å². The van der Waals surface area contributed by atoms with Crippen LogP contribution in [-0.2, 0) is 9.59 Å². The second-order valence-electron chi connectivity index (χ2n) is 8.03. The molecule has 0 aromatic heterocycles. The zero-order valence-corrected chi connectivity index (χ0v) is 17.8. The van der Waals surface area contributed by atoms with Gasteiger partial charge in [0.15, 0.2) is 0 Å². The maximum atomic E-state index is 13.1. The average Bonchev–Trinajstić information content (AvgIpc) is 2.81. The molecule has 7 nitrogen and oxygen atoms in total. The molecule has 4 rings (SSSR count). The van der Waals surface area contributed by atoms with Crippen LogP contribution in [0, 0.1) is 6.92 Å². The lowest BCUT2D eigenvalue weighted by molar-refractivity contribution is -0.138. The van der Waals surface area contributed by atoms with Crippen molar-refractivity contribution in [1.82, 2.24) is 15.1 Å². The molecule has 2 aromatic carbocycles. The molecule has 162 valence electrons. The van der Waals surface area contributed by atoms with Gasteiger partial charge in [0.1, 0.15) is 6.04 Å². The molecule has 2 saturated heterocycles. The van der Waals surface area contributed by atoms with E-state index in [-0.39, 0.29) is 24.1 Å². The standard InChI is InChI=1S/C24H28N4O3/c1-18-7-5-6-10-20(18)24(31)28-12-11-25-23(30)21(28)17-22(29)27-15-13-26(14-16-27)19-8-3-2-4-9-19/h2-10,21H,11-17H2,1H3,(H,25,30)/t21-/m1/s1. The normalized spacial score (nSPS) is 19.2. The zero-order valence-electron chi connectivity index (χ0n) is 17.8. The Morgan fingerprint density at radius 3 is 2.32 bits per heavy atom. The van der Waals surface area contributed by atoms with E-state index in [0.29, 0.717) is 31.7 Å². The van der Waals surface area contributed by atoms with Crippen molar-refractivity contribution < 1.29 is 14.4 Å². The number of nitrogens with zero attached hydrogens (tertiary/aromatic N) is 3. The number of para-hydroxylation sites is 1. The highest BCUT2D eigenvalue weighted by atomic mass is 16.2. The summed E-state index contributed by atoms with van der Waals surface area (Å²) in [5, 5.41) is 2.81. The summed E-state index contributed by atoms with van der Waals surface area (Å²) in [7, 11) is 0. The van der Waals surface area contributed by atoms with Gasteiger partial charge in [-0.1, -0.05) is 36.4 Å². The van der Waals surface area contributed by atoms with Gasteiger partial charge in [0, 0.05) is 50.5 Å². The molecule has 0 radical (unpaired) electrons. The largest absolute Gasteiger partial charge is 0.368 e. The molecule has 31 heavy (non-hydrogen) atoms. The van der Waals surface area contributed by atoms with Crippen molar-refractivity contribution >= 4 is 23.4 Å². The Morgan fingerprint density at radius 2 is 1.61 bits per heavy atom. The molecule has 0 spiro atoms. The number of carbonyl (C=O) groups is 3. The maximum absolute atomic E-state index is 13.1. The molecule has 2 heterocycles. The third-order valence-corrected chi connectivity index (χ3v) is 6.09. The predicted molar refractivity (Wildman–Crippen MR) is 119 cm³/mol. The van der Waals surface area contributed by atoms with Crippen LogP contribution >= 0.6 is 0 Å². The number of hydrogen-bond donors (Lipinski definition) is 1. The summed E-state index contributed by atoms with van der Waals surface area (Å²) in [4.78, 5) is 44.4. The Hall–Kier alpha value is -3.35. The number of carbonyl (C=O) groups excluding carboxylic acids is 3. The average molecular weight is 421 g/mol. The second kappa shape index (κ2) is 9.20. The van der Waals surface area contributed by atoms with Crippen molar-refractivity contribution in [1.29, 1.82) is 0 Å². The summed E-state index contributed by atoms with van der Waals surface area (Å²) < 4.78 is 0. The fourth-order valence-corrected chi connectivity index (χ4v) is 4.28. The number of amides is 3. The first-order chi connectivity index (χ1) is 15.0. The fraction of sp³-hybridized carbons (Fsp3) is 0.375. The summed E-state index contributed by atoms with van der Waals surface area (Å²) in [5.74, 6) is -0.540. The minimum atomic E-state index is -0.777. The van der Waals surface area contributed by atoms with Gasteiger partial charge in [-0.2, -0.15) is 0 Å². The molecule has 1 atom stereocenters. The van der Waals surface area contributed by atoms with Crippen molar-refractivity contribution in [3.63, 3.8) is 0 Å². The molecule has 0 aliphatic carbocycles. The number of piperazine rings is 2. The Balaban J connectivity index is 1.41. The molecule has 0 bridgehead atoms. The molecule has 1 N–H and O–H groups in total. The van der Waals surface area contributed by atoms with Crippen LogP contribution < -0.4 is 10.2 Å². The topological polar surface area (TPSA) is 73.0 Å². The lowest BCUT2D eigenvalue weighted by Crippen LogP contribution is -2.59. The first-order valence-electron chi connectivity index (χ1n) is 10.8. The van der Waals surface area contributed by atoms with Gasteiger partial charge in [0.05, 0.1) is 6.42 Å². The van der Waals surface area contributed by atoms with Crippen LogP contribution in [0.1, 0.15) is 22.3 Å². The smallest absolute Gasteiger partial charge is 0.254 e. The predicted octanol–water partition coefficient (Wildman–Crippen LogP) is 1.67. The lowest BCUT2D eigenvalue weighted by atomic mass is 10.0. The minimum absolute atomic E-state index is 0.00872. The molecule has 3 amide bonds. The maximum Gasteiger partial charge on any atom is 0.254 e. The third kappa shape index (κ3) is 4.55. The SMILES string of the molecule is Cc1ccccc1C(=O)N1CCNC(=O)[C@H]1CC(=O)N1CCN(c2ccccc2)CC1. The highest BCUT2D eigenvalue weighted by molar-refractivity contribution is 6.00. The van der Waals surface area contributed by atoms with Crippen molar-refractivity contribution in [2.24, 2.45) is 0 Å². The number of anilines is 1. The van der Waals surface area contributed by atoms with E-state index in [1.165, 1.54) is 0 Å². The summed E-state index contributed by atoms with van der Waals surface area (Å²) in [5.41, 5.74) is 2.59. The van der Waals surface area contributed by atoms with E-state index in [4.69, 9.17) is 0 Å². The summed E-state index contributed by atoms with van der Waals surface area (Å²) in [6.45, 7) is 5.39. The van der Waals surface area contributed by atoms with Gasteiger partial charge in [-0.3, -0.25) is 14.4 Å². The van der Waals surface area contributed by atoms with E-state index >= 15 is 0 Å². The number of benzene rings is 2. The molecular formula is C24H28N4O3. The van der Waals surface area contributed by atoms with Crippen molar-refractivity contribution in [3.05, 3.63) is 65.7 Å². The van der Waals surface area contributed by atoms with Crippen molar-refractivity contribution in [3.8, 4) is 0 Å². The van der Waals surface area contributed by atoms with Crippen LogP contribution in [-0.4, -0.2) is 72.8 Å². The molecule has 2 aromatic rings. The molecule has 2 aliphatic rings. The molecule has 2 aliphatic heterocycles. The highest BCUT2D eigenvalue weighted by Crippen LogP contribution is 2.19. The van der Waals surface area contributed by atoms with Gasteiger partial charge in [-0.05, 0) is 30.7 Å². The van der Waals surface area contributed by atoms with Gasteiger partial charge in [-0.25, -0.2) is 0 Å². The van der Waals surface area contributed by atoms with E-state index in [1.54, 1.807) is 15.9 Å². The van der Waals surface area contributed by atoms with Gasteiger partial charge in [-0.15, -0.1) is 0 Å². The first-order valence-corrected chi connectivity index (χ1v) is 10.8. The molecular weight excluding hydrogens is 392 g/mol. The lowest BCUT2D eigenvalue weighted by Gasteiger charge is -2.39. The Morgan fingerprint density at radius 1 is 0.935 bits per heavy atom. The van der Waals surface area contributed by atoms with E-state index < -0.39 is 6.04 Å². The van der Waals surface area contributed by atoms with Gasteiger partial charge in [0.25, 0.3) is 5.91 Å². The van der Waals surface area contributed by atoms with Crippen molar-refractivity contribution in [2.45, 2.75) is 19.4 Å². The van der Waals surface area contributed by atoms with Crippen LogP contribution in [0.3, 0.4) is 0 Å². The van der Waals surface area contributed by atoms with E-state index in [9.17, 15) is 14.4 Å². The monoisotopic (exact) mass is 420 g/mol. The molecule has 0 unspecified atom stereocenters. The van der Waals surface area contributed by atoms with Crippen LogP contribution in [0.15, 0.2) is 54.6 Å². The van der Waals surface area contributed by atoms with Gasteiger partial charge >= 0.3 is 0 Å². The highest BCUT2D eigenvalue weighted by Gasteiger charge is 2.36. The van der Waals surface area contributed by atoms with Crippen LogP contribution in [0.4, 0.5) is 5.69 Å². The van der Waals surface area contributed by atoms with E-state index in [0.717, 1.165) is 24.3 Å². The second-order valence-corrected chi connectivity index (χ2v) is 8.03. The minimum Gasteiger partial charge on any atom is -0.368 e. The Kier molecular flexibility index (Phi) is 6.21. The molecule has 2 fully saturated rings. The van der Waals surface area contributed by atoms with Gasteiger partial charge < -0.3 is 20.0 Å². The first kappa shape index (κ1) is 20.9. The van der Waals surface area contributed by atoms with E-state index in [1.807, 2.05) is 43.3 Å².